The van der Waals surface area contributed by atoms with Crippen molar-refractivity contribution in [2.45, 2.75) is 52.5 Å². The fourth-order valence-electron chi connectivity index (χ4n) is 2.10. The third-order valence-electron chi connectivity index (χ3n) is 3.35. The Morgan fingerprint density at radius 1 is 1.32 bits per heavy atom. The molecule has 0 aliphatic rings. The lowest BCUT2D eigenvalue weighted by Gasteiger charge is -2.18. The van der Waals surface area contributed by atoms with E-state index >= 15 is 0 Å². The molecule has 2 unspecified atom stereocenters. The van der Waals surface area contributed by atoms with Crippen LogP contribution in [-0.4, -0.2) is 12.6 Å². The first kappa shape index (κ1) is 16.5. The average Bonchev–Trinajstić information content (AvgIpc) is 2.38. The van der Waals surface area contributed by atoms with E-state index in [0.29, 0.717) is 5.92 Å². The van der Waals surface area contributed by atoms with Gasteiger partial charge in [-0.1, -0.05) is 39.3 Å². The van der Waals surface area contributed by atoms with Crippen molar-refractivity contribution in [3.8, 4) is 5.75 Å². The zero-order valence-corrected chi connectivity index (χ0v) is 13.9. The Hall–Kier alpha value is -0.540. The number of benzene rings is 1. The number of nitrogens with two attached hydrogens (primary N) is 1. The van der Waals surface area contributed by atoms with Crippen LogP contribution in [0.15, 0.2) is 22.7 Å². The molecule has 19 heavy (non-hydrogen) atoms. The summed E-state index contributed by atoms with van der Waals surface area (Å²) in [7, 11) is 0. The molecule has 2 atom stereocenters. The molecule has 0 saturated carbocycles. The van der Waals surface area contributed by atoms with Gasteiger partial charge in [-0.15, -0.1) is 0 Å². The van der Waals surface area contributed by atoms with Crippen LogP contribution in [0.3, 0.4) is 0 Å². The van der Waals surface area contributed by atoms with Crippen LogP contribution in [0.1, 0.15) is 45.6 Å². The van der Waals surface area contributed by atoms with E-state index in [1.807, 2.05) is 12.1 Å². The van der Waals surface area contributed by atoms with Crippen molar-refractivity contribution in [3.05, 3.63) is 28.2 Å². The summed E-state index contributed by atoms with van der Waals surface area (Å²) in [6.45, 7) is 7.33. The zero-order valence-electron chi connectivity index (χ0n) is 12.3. The highest BCUT2D eigenvalue weighted by molar-refractivity contribution is 9.10. The predicted molar refractivity (Wildman–Crippen MR) is 85.7 cm³/mol. The van der Waals surface area contributed by atoms with E-state index in [9.17, 15) is 0 Å². The van der Waals surface area contributed by atoms with Gasteiger partial charge in [-0.05, 0) is 52.7 Å². The summed E-state index contributed by atoms with van der Waals surface area (Å²) >= 11 is 3.58. The number of para-hydroxylation sites is 1. The highest BCUT2D eigenvalue weighted by Crippen LogP contribution is 2.30. The third-order valence-corrected chi connectivity index (χ3v) is 3.97. The smallest absolute Gasteiger partial charge is 0.136 e. The molecule has 1 rings (SSSR count). The van der Waals surface area contributed by atoms with E-state index in [2.05, 4.69) is 42.8 Å². The van der Waals surface area contributed by atoms with Crippen molar-refractivity contribution in [1.82, 2.24) is 0 Å². The van der Waals surface area contributed by atoms with E-state index < -0.39 is 0 Å². The van der Waals surface area contributed by atoms with Gasteiger partial charge < -0.3 is 10.5 Å². The van der Waals surface area contributed by atoms with Gasteiger partial charge in [-0.2, -0.15) is 0 Å². The van der Waals surface area contributed by atoms with Gasteiger partial charge in [0.15, 0.2) is 0 Å². The molecule has 2 nitrogen and oxygen atoms in total. The molecular formula is C16H26BrNO. The largest absolute Gasteiger partial charge is 0.492 e. The molecule has 0 amide bonds. The fourth-order valence-corrected chi connectivity index (χ4v) is 2.63. The average molecular weight is 328 g/mol. The van der Waals surface area contributed by atoms with E-state index in [-0.39, 0.29) is 6.04 Å². The topological polar surface area (TPSA) is 35.2 Å². The second-order valence-electron chi connectivity index (χ2n) is 5.31. The molecule has 0 aliphatic heterocycles. The van der Waals surface area contributed by atoms with Crippen LogP contribution in [0.4, 0.5) is 0 Å². The van der Waals surface area contributed by atoms with Crippen molar-refractivity contribution < 1.29 is 4.74 Å². The molecule has 2 N–H and O–H groups in total. The Bertz CT molecular complexity index is 381. The Balaban J connectivity index is 2.74. The maximum Gasteiger partial charge on any atom is 0.136 e. The summed E-state index contributed by atoms with van der Waals surface area (Å²) in [5, 5.41) is 0. The van der Waals surface area contributed by atoms with E-state index in [1.54, 1.807) is 0 Å². The van der Waals surface area contributed by atoms with Crippen LogP contribution in [0.25, 0.3) is 0 Å². The minimum Gasteiger partial charge on any atom is -0.492 e. The summed E-state index contributed by atoms with van der Waals surface area (Å²) in [6, 6.07) is 6.38. The second-order valence-corrected chi connectivity index (χ2v) is 6.16. The molecule has 1 aromatic rings. The number of hydrogen-bond donors (Lipinski definition) is 1. The third kappa shape index (κ3) is 5.53. The van der Waals surface area contributed by atoms with Crippen LogP contribution < -0.4 is 10.5 Å². The van der Waals surface area contributed by atoms with Crippen LogP contribution >= 0.6 is 15.9 Å². The fraction of sp³-hybridized carbons (Fsp3) is 0.625. The summed E-state index contributed by atoms with van der Waals surface area (Å²) in [6.07, 6.45) is 4.26. The molecule has 0 aliphatic carbocycles. The summed E-state index contributed by atoms with van der Waals surface area (Å²) < 4.78 is 7.05. The Kier molecular flexibility index (Phi) is 7.47. The number of rotatable bonds is 8. The lowest BCUT2D eigenvalue weighted by molar-refractivity contribution is 0.247. The van der Waals surface area contributed by atoms with Gasteiger partial charge in [0.1, 0.15) is 5.75 Å². The minimum absolute atomic E-state index is 0.199. The molecule has 1 aromatic carbocycles. The van der Waals surface area contributed by atoms with Crippen LogP contribution in [0.5, 0.6) is 5.75 Å². The SMILES string of the molecule is CCCC(C)COc1c(Br)cccc1CC(N)CC. The predicted octanol–water partition coefficient (Wildman–Crippen LogP) is 4.54. The van der Waals surface area contributed by atoms with Crippen molar-refractivity contribution in [1.29, 1.82) is 0 Å². The molecule has 0 radical (unpaired) electrons. The number of hydrogen-bond acceptors (Lipinski definition) is 2. The van der Waals surface area contributed by atoms with Crippen molar-refractivity contribution >= 4 is 15.9 Å². The lowest BCUT2D eigenvalue weighted by Crippen LogP contribution is -2.22. The molecular weight excluding hydrogens is 302 g/mol. The molecule has 0 bridgehead atoms. The molecule has 0 heterocycles. The van der Waals surface area contributed by atoms with Crippen molar-refractivity contribution in [2.24, 2.45) is 11.7 Å². The highest BCUT2D eigenvalue weighted by Gasteiger charge is 2.12. The standard InChI is InChI=1S/C16H26BrNO/c1-4-7-12(3)11-19-16-13(10-14(18)5-2)8-6-9-15(16)17/h6,8-9,12,14H,4-5,7,10-11,18H2,1-3H3. The molecule has 108 valence electrons. The summed E-state index contributed by atoms with van der Waals surface area (Å²) in [5.41, 5.74) is 7.26. The van der Waals surface area contributed by atoms with Crippen LogP contribution in [0, 0.1) is 5.92 Å². The molecule has 3 heteroatoms. The summed E-state index contributed by atoms with van der Waals surface area (Å²) in [4.78, 5) is 0. The maximum absolute atomic E-state index is 6.06. The Morgan fingerprint density at radius 2 is 2.05 bits per heavy atom. The monoisotopic (exact) mass is 327 g/mol. The molecule has 0 aromatic heterocycles. The van der Waals surface area contributed by atoms with E-state index in [1.165, 1.54) is 18.4 Å². The number of halogens is 1. The van der Waals surface area contributed by atoms with Gasteiger partial charge in [0.05, 0.1) is 11.1 Å². The van der Waals surface area contributed by atoms with Gasteiger partial charge >= 0.3 is 0 Å². The Labute approximate surface area is 125 Å². The van der Waals surface area contributed by atoms with Crippen LogP contribution in [-0.2, 0) is 6.42 Å². The lowest BCUT2D eigenvalue weighted by atomic mass is 10.0. The van der Waals surface area contributed by atoms with Gasteiger partial charge in [0.25, 0.3) is 0 Å². The van der Waals surface area contributed by atoms with E-state index in [4.69, 9.17) is 10.5 Å². The first-order chi connectivity index (χ1) is 9.08. The normalized spacial score (nSPS) is 14.2. The second kappa shape index (κ2) is 8.60. The zero-order chi connectivity index (χ0) is 14.3. The molecule has 0 spiro atoms. The number of ether oxygens (including phenoxy) is 1. The minimum atomic E-state index is 0.199. The quantitative estimate of drug-likeness (QED) is 0.760. The van der Waals surface area contributed by atoms with Crippen molar-refractivity contribution in [2.75, 3.05) is 6.61 Å². The highest BCUT2D eigenvalue weighted by atomic mass is 79.9. The molecule has 0 fully saturated rings. The van der Waals surface area contributed by atoms with E-state index in [0.717, 1.165) is 29.7 Å². The van der Waals surface area contributed by atoms with Gasteiger partial charge in [0, 0.05) is 6.04 Å². The Morgan fingerprint density at radius 3 is 2.68 bits per heavy atom. The summed E-state index contributed by atoms with van der Waals surface area (Å²) in [5.74, 6) is 1.55. The molecule has 0 saturated heterocycles. The van der Waals surface area contributed by atoms with Crippen LogP contribution in [0.2, 0.25) is 0 Å². The maximum atomic E-state index is 6.06. The van der Waals surface area contributed by atoms with Crippen molar-refractivity contribution in [3.63, 3.8) is 0 Å². The first-order valence-corrected chi connectivity index (χ1v) is 8.03. The first-order valence-electron chi connectivity index (χ1n) is 7.24. The van der Waals surface area contributed by atoms with Gasteiger partial charge in [-0.3, -0.25) is 0 Å². The van der Waals surface area contributed by atoms with Gasteiger partial charge in [-0.25, -0.2) is 0 Å². The van der Waals surface area contributed by atoms with Gasteiger partial charge in [0.2, 0.25) is 0 Å².